The van der Waals surface area contributed by atoms with Gasteiger partial charge in [0.1, 0.15) is 34.2 Å². The molecule has 5 aromatic rings. The smallest absolute Gasteiger partial charge is 0.263 e. The standard InChI is InChI=1S/C33H33N5O3/c1-23(2)20-28-34-32(38-18-16-37(17-19-38)29(39)21-24-10-5-3-6-11-24)30-31(36-41-33(30)35-28)25-12-9-15-27(22-25)40-26-13-7-4-8-14-26/h3-15,22-23H,16-21H2,1-2H3. The molecule has 0 aliphatic carbocycles. The Morgan fingerprint density at radius 3 is 2.32 bits per heavy atom. The summed E-state index contributed by atoms with van der Waals surface area (Å²) in [5.74, 6) is 3.53. The molecule has 41 heavy (non-hydrogen) atoms. The third kappa shape index (κ3) is 6.06. The topological polar surface area (TPSA) is 84.6 Å². The number of anilines is 1. The Morgan fingerprint density at radius 2 is 1.59 bits per heavy atom. The minimum absolute atomic E-state index is 0.144. The molecular formula is C33H33N5O3. The van der Waals surface area contributed by atoms with Crippen molar-refractivity contribution in [1.82, 2.24) is 20.0 Å². The van der Waals surface area contributed by atoms with E-state index in [1.807, 2.05) is 89.8 Å². The van der Waals surface area contributed by atoms with Crippen LogP contribution in [0.4, 0.5) is 5.82 Å². The molecule has 1 aliphatic heterocycles. The van der Waals surface area contributed by atoms with Crippen molar-refractivity contribution < 1.29 is 14.1 Å². The second kappa shape index (κ2) is 11.8. The number of rotatable bonds is 8. The SMILES string of the molecule is CC(C)Cc1nc(N2CCN(C(=O)Cc3ccccc3)CC2)c2c(-c3cccc(Oc4ccccc4)c3)noc2n1. The highest BCUT2D eigenvalue weighted by molar-refractivity contribution is 5.98. The summed E-state index contributed by atoms with van der Waals surface area (Å²) in [7, 11) is 0. The second-order valence-electron chi connectivity index (χ2n) is 10.7. The molecule has 3 heterocycles. The number of carbonyl (C=O) groups is 1. The Kier molecular flexibility index (Phi) is 7.63. The first-order valence-electron chi connectivity index (χ1n) is 14.1. The monoisotopic (exact) mass is 547 g/mol. The van der Waals surface area contributed by atoms with Gasteiger partial charge in [0.15, 0.2) is 0 Å². The number of hydrogen-bond acceptors (Lipinski definition) is 7. The maximum Gasteiger partial charge on any atom is 0.263 e. The van der Waals surface area contributed by atoms with Crippen LogP contribution in [-0.4, -0.2) is 52.1 Å². The van der Waals surface area contributed by atoms with Crippen LogP contribution in [0.2, 0.25) is 0 Å². The fourth-order valence-corrected chi connectivity index (χ4v) is 5.14. The van der Waals surface area contributed by atoms with E-state index in [2.05, 4.69) is 23.9 Å². The molecule has 0 N–H and O–H groups in total. The van der Waals surface area contributed by atoms with E-state index in [-0.39, 0.29) is 5.91 Å². The zero-order valence-corrected chi connectivity index (χ0v) is 23.4. The summed E-state index contributed by atoms with van der Waals surface area (Å²) in [5, 5.41) is 5.23. The largest absolute Gasteiger partial charge is 0.457 e. The van der Waals surface area contributed by atoms with Crippen LogP contribution < -0.4 is 9.64 Å². The molecule has 0 bridgehead atoms. The average molecular weight is 548 g/mol. The van der Waals surface area contributed by atoms with E-state index in [4.69, 9.17) is 19.2 Å². The molecule has 1 amide bonds. The summed E-state index contributed by atoms with van der Waals surface area (Å²) < 4.78 is 11.9. The maximum absolute atomic E-state index is 13.0. The molecular weight excluding hydrogens is 514 g/mol. The van der Waals surface area contributed by atoms with Gasteiger partial charge in [0, 0.05) is 38.2 Å². The van der Waals surface area contributed by atoms with Crippen molar-refractivity contribution in [3.8, 4) is 22.8 Å². The molecule has 0 saturated carbocycles. The first-order valence-corrected chi connectivity index (χ1v) is 14.1. The van der Waals surface area contributed by atoms with Gasteiger partial charge >= 0.3 is 0 Å². The fraction of sp³-hybridized carbons (Fsp3) is 0.273. The third-order valence-electron chi connectivity index (χ3n) is 7.17. The number of hydrogen-bond donors (Lipinski definition) is 0. The zero-order valence-electron chi connectivity index (χ0n) is 23.4. The van der Waals surface area contributed by atoms with Crippen LogP contribution in [0, 0.1) is 5.92 Å². The van der Waals surface area contributed by atoms with Crippen LogP contribution in [0.5, 0.6) is 11.5 Å². The Labute approximate surface area is 239 Å². The van der Waals surface area contributed by atoms with Crippen LogP contribution in [0.15, 0.2) is 89.5 Å². The van der Waals surface area contributed by atoms with Crippen molar-refractivity contribution >= 4 is 22.8 Å². The number of amides is 1. The van der Waals surface area contributed by atoms with Crippen molar-refractivity contribution in [3.63, 3.8) is 0 Å². The minimum Gasteiger partial charge on any atom is -0.457 e. The molecule has 0 spiro atoms. The quantitative estimate of drug-likeness (QED) is 0.230. The van der Waals surface area contributed by atoms with E-state index in [1.165, 1.54) is 0 Å². The molecule has 8 nitrogen and oxygen atoms in total. The average Bonchev–Trinajstić information content (AvgIpc) is 3.42. The summed E-state index contributed by atoms with van der Waals surface area (Å²) in [6.07, 6.45) is 1.14. The summed E-state index contributed by atoms with van der Waals surface area (Å²) in [5.41, 5.74) is 3.03. The number of para-hydroxylation sites is 1. The normalized spacial score (nSPS) is 13.6. The molecule has 0 radical (unpaired) electrons. The Bertz CT molecular complexity index is 1630. The second-order valence-corrected chi connectivity index (χ2v) is 10.7. The van der Waals surface area contributed by atoms with Crippen LogP contribution in [0.1, 0.15) is 25.2 Å². The fourth-order valence-electron chi connectivity index (χ4n) is 5.14. The first-order chi connectivity index (χ1) is 20.0. The predicted molar refractivity (Wildman–Crippen MR) is 159 cm³/mol. The van der Waals surface area contributed by atoms with E-state index >= 15 is 0 Å². The van der Waals surface area contributed by atoms with E-state index < -0.39 is 0 Å². The molecule has 1 aliphatic rings. The van der Waals surface area contributed by atoms with Gasteiger partial charge < -0.3 is 19.1 Å². The summed E-state index contributed by atoms with van der Waals surface area (Å²) in [6, 6.07) is 27.4. The lowest BCUT2D eigenvalue weighted by Crippen LogP contribution is -2.49. The number of benzene rings is 3. The molecule has 2 aromatic heterocycles. The van der Waals surface area contributed by atoms with Crippen LogP contribution in [-0.2, 0) is 17.6 Å². The molecule has 0 atom stereocenters. The zero-order chi connectivity index (χ0) is 28.2. The van der Waals surface area contributed by atoms with Crippen molar-refractivity contribution in [3.05, 3.63) is 96.3 Å². The van der Waals surface area contributed by atoms with Gasteiger partial charge in [-0.1, -0.05) is 79.7 Å². The van der Waals surface area contributed by atoms with Crippen molar-refractivity contribution in [1.29, 1.82) is 0 Å². The van der Waals surface area contributed by atoms with Crippen molar-refractivity contribution in [2.24, 2.45) is 5.92 Å². The van der Waals surface area contributed by atoms with Gasteiger partial charge in [-0.15, -0.1) is 0 Å². The Hall–Kier alpha value is -4.72. The maximum atomic E-state index is 13.0. The molecule has 6 rings (SSSR count). The molecule has 0 unspecified atom stereocenters. The minimum atomic E-state index is 0.144. The molecule has 1 fully saturated rings. The number of nitrogens with zero attached hydrogens (tertiary/aromatic N) is 5. The summed E-state index contributed by atoms with van der Waals surface area (Å²) in [6.45, 7) is 6.86. The van der Waals surface area contributed by atoms with Crippen LogP contribution in [0.25, 0.3) is 22.4 Å². The number of carbonyl (C=O) groups excluding carboxylic acids is 1. The Balaban J connectivity index is 1.29. The van der Waals surface area contributed by atoms with E-state index in [0.717, 1.165) is 40.3 Å². The van der Waals surface area contributed by atoms with Gasteiger partial charge in [-0.3, -0.25) is 4.79 Å². The van der Waals surface area contributed by atoms with Crippen molar-refractivity contribution in [2.45, 2.75) is 26.7 Å². The van der Waals surface area contributed by atoms with E-state index in [1.54, 1.807) is 0 Å². The number of ether oxygens (including phenoxy) is 1. The molecule has 1 saturated heterocycles. The number of fused-ring (bicyclic) bond motifs is 1. The highest BCUT2D eigenvalue weighted by Gasteiger charge is 2.27. The van der Waals surface area contributed by atoms with Gasteiger partial charge in [-0.25, -0.2) is 4.98 Å². The van der Waals surface area contributed by atoms with Crippen LogP contribution in [0.3, 0.4) is 0 Å². The van der Waals surface area contributed by atoms with E-state index in [9.17, 15) is 4.79 Å². The van der Waals surface area contributed by atoms with Crippen molar-refractivity contribution in [2.75, 3.05) is 31.1 Å². The van der Waals surface area contributed by atoms with Crippen LogP contribution >= 0.6 is 0 Å². The van der Waals surface area contributed by atoms with E-state index in [0.29, 0.717) is 55.7 Å². The molecule has 8 heteroatoms. The van der Waals surface area contributed by atoms with Gasteiger partial charge in [-0.2, -0.15) is 4.98 Å². The highest BCUT2D eigenvalue weighted by Crippen LogP contribution is 2.36. The number of piperazine rings is 1. The number of aromatic nitrogens is 3. The predicted octanol–water partition coefficient (Wildman–Crippen LogP) is 6.17. The lowest BCUT2D eigenvalue weighted by atomic mass is 10.1. The Morgan fingerprint density at radius 1 is 0.878 bits per heavy atom. The lowest BCUT2D eigenvalue weighted by Gasteiger charge is -2.35. The molecule has 208 valence electrons. The lowest BCUT2D eigenvalue weighted by molar-refractivity contribution is -0.130. The first kappa shape index (κ1) is 26.5. The summed E-state index contributed by atoms with van der Waals surface area (Å²) >= 11 is 0. The van der Waals surface area contributed by atoms with Gasteiger partial charge in [0.2, 0.25) is 5.91 Å². The van der Waals surface area contributed by atoms with Gasteiger partial charge in [-0.05, 0) is 35.7 Å². The third-order valence-corrected chi connectivity index (χ3v) is 7.17. The van der Waals surface area contributed by atoms with Gasteiger partial charge in [0.25, 0.3) is 5.71 Å². The molecule has 3 aromatic carbocycles. The highest BCUT2D eigenvalue weighted by atomic mass is 16.5. The van der Waals surface area contributed by atoms with Gasteiger partial charge in [0.05, 0.1) is 6.42 Å². The summed E-state index contributed by atoms with van der Waals surface area (Å²) in [4.78, 5) is 26.9.